The van der Waals surface area contributed by atoms with E-state index in [0.717, 1.165) is 5.75 Å². The van der Waals surface area contributed by atoms with Crippen molar-refractivity contribution in [2.24, 2.45) is 0 Å². The normalized spacial score (nSPS) is 19.1. The number of carbonyl (C=O) groups excluding carboxylic acids is 2. The van der Waals surface area contributed by atoms with Crippen LogP contribution in [0.5, 0.6) is 5.75 Å². The van der Waals surface area contributed by atoms with Crippen molar-refractivity contribution >= 4 is 11.8 Å². The zero-order valence-electron chi connectivity index (χ0n) is 11.0. The molecule has 0 radical (unpaired) electrons. The number of hydrogen-bond donors (Lipinski definition) is 2. The summed E-state index contributed by atoms with van der Waals surface area (Å²) in [7, 11) is 1.75. The van der Waals surface area contributed by atoms with Gasteiger partial charge in [0.1, 0.15) is 11.8 Å². The molecule has 2 N–H and O–H groups in total. The molecule has 0 spiro atoms. The molecule has 19 heavy (non-hydrogen) atoms. The first-order valence-electron chi connectivity index (χ1n) is 6.15. The summed E-state index contributed by atoms with van der Waals surface area (Å²) in [6.45, 7) is 2.94. The molecule has 2 rings (SSSR count). The summed E-state index contributed by atoms with van der Waals surface area (Å²) in [5.41, 5.74) is 3.11. The highest BCUT2D eigenvalue weighted by molar-refractivity contribution is 5.98. The van der Waals surface area contributed by atoms with Gasteiger partial charge in [-0.15, -0.1) is 0 Å². The van der Waals surface area contributed by atoms with Crippen LogP contribution in [0.4, 0.5) is 0 Å². The second-order valence-corrected chi connectivity index (χ2v) is 4.34. The van der Waals surface area contributed by atoms with E-state index >= 15 is 0 Å². The number of hydrazine groups is 1. The number of carbonyl (C=O) groups is 2. The van der Waals surface area contributed by atoms with Gasteiger partial charge in [-0.05, 0) is 31.2 Å². The van der Waals surface area contributed by atoms with Crippen LogP contribution in [-0.4, -0.2) is 43.1 Å². The molecule has 1 aliphatic rings. The average Bonchev–Trinajstić information content (AvgIpc) is 2.69. The fourth-order valence-electron chi connectivity index (χ4n) is 1.89. The van der Waals surface area contributed by atoms with Crippen molar-refractivity contribution in [2.75, 3.05) is 20.2 Å². The Balaban J connectivity index is 1.98. The maximum atomic E-state index is 12.0. The van der Waals surface area contributed by atoms with Crippen LogP contribution in [0.3, 0.4) is 0 Å². The van der Waals surface area contributed by atoms with Crippen LogP contribution in [0.2, 0.25) is 0 Å². The van der Waals surface area contributed by atoms with Crippen molar-refractivity contribution < 1.29 is 14.3 Å². The number of likely N-dealkylation sites (N-methyl/N-ethyl adjacent to an activating group) is 1. The molecule has 2 amide bonds. The summed E-state index contributed by atoms with van der Waals surface area (Å²) in [5.74, 6) is 0.262. The molecule has 1 saturated heterocycles. The van der Waals surface area contributed by atoms with E-state index in [1.807, 2.05) is 6.92 Å². The fourth-order valence-corrected chi connectivity index (χ4v) is 1.89. The number of benzene rings is 1. The van der Waals surface area contributed by atoms with Crippen LogP contribution in [0, 0.1) is 0 Å². The second kappa shape index (κ2) is 5.71. The lowest BCUT2D eigenvalue weighted by molar-refractivity contribution is -0.122. The molecule has 102 valence electrons. The van der Waals surface area contributed by atoms with Gasteiger partial charge in [-0.2, -0.15) is 0 Å². The van der Waals surface area contributed by atoms with Gasteiger partial charge in [0.05, 0.1) is 6.61 Å². The minimum atomic E-state index is -0.510. The highest BCUT2D eigenvalue weighted by Crippen LogP contribution is 2.12. The fraction of sp³-hybridized carbons (Fsp3) is 0.385. The lowest BCUT2D eigenvalue weighted by Gasteiger charge is -2.10. The molecule has 6 nitrogen and oxygen atoms in total. The quantitative estimate of drug-likeness (QED) is 0.812. The molecule has 0 saturated carbocycles. The zero-order chi connectivity index (χ0) is 13.8. The van der Waals surface area contributed by atoms with Gasteiger partial charge in [-0.1, -0.05) is 0 Å². The number of nitrogens with one attached hydrogen (secondary N) is 2. The largest absolute Gasteiger partial charge is 0.494 e. The third-order valence-electron chi connectivity index (χ3n) is 2.81. The van der Waals surface area contributed by atoms with Gasteiger partial charge in [0.25, 0.3) is 11.8 Å². The lowest BCUT2D eigenvalue weighted by atomic mass is 10.2. The van der Waals surface area contributed by atoms with Crippen LogP contribution in [0.25, 0.3) is 0 Å². The number of amides is 2. The van der Waals surface area contributed by atoms with Crippen LogP contribution in [0.15, 0.2) is 24.3 Å². The maximum absolute atomic E-state index is 12.0. The maximum Gasteiger partial charge on any atom is 0.258 e. The standard InChI is InChI=1S/C13H17N3O3/c1-3-19-10-6-4-9(5-7-10)12(17)14-11-8-16(2)15-13(11)18/h4-7,11H,3,8H2,1-2H3,(H,14,17)(H,15,18). The van der Waals surface area contributed by atoms with E-state index in [0.29, 0.717) is 18.7 Å². The molecule has 1 aromatic rings. The van der Waals surface area contributed by atoms with E-state index in [-0.39, 0.29) is 11.8 Å². The van der Waals surface area contributed by atoms with E-state index in [9.17, 15) is 9.59 Å². The lowest BCUT2D eigenvalue weighted by Crippen LogP contribution is -2.41. The Bertz CT molecular complexity index is 473. The first-order valence-corrected chi connectivity index (χ1v) is 6.15. The first kappa shape index (κ1) is 13.4. The Labute approximate surface area is 111 Å². The summed E-state index contributed by atoms with van der Waals surface area (Å²) < 4.78 is 5.30. The van der Waals surface area contributed by atoms with Gasteiger partial charge in [0, 0.05) is 19.2 Å². The Morgan fingerprint density at radius 3 is 2.68 bits per heavy atom. The third-order valence-corrected chi connectivity index (χ3v) is 2.81. The smallest absolute Gasteiger partial charge is 0.258 e. The van der Waals surface area contributed by atoms with E-state index in [4.69, 9.17) is 4.74 Å². The molecule has 1 aromatic carbocycles. The molecule has 1 heterocycles. The molecular formula is C13H17N3O3. The molecule has 6 heteroatoms. The van der Waals surface area contributed by atoms with Gasteiger partial charge in [-0.3, -0.25) is 15.0 Å². The minimum absolute atomic E-state index is 0.193. The minimum Gasteiger partial charge on any atom is -0.494 e. The second-order valence-electron chi connectivity index (χ2n) is 4.34. The predicted octanol–water partition coefficient (Wildman–Crippen LogP) is 0.160. The van der Waals surface area contributed by atoms with Crippen LogP contribution in [0.1, 0.15) is 17.3 Å². The van der Waals surface area contributed by atoms with Crippen LogP contribution < -0.4 is 15.5 Å². The first-order chi connectivity index (χ1) is 9.10. The Morgan fingerprint density at radius 2 is 2.16 bits per heavy atom. The van der Waals surface area contributed by atoms with Gasteiger partial charge >= 0.3 is 0 Å². The molecule has 0 aromatic heterocycles. The summed E-state index contributed by atoms with van der Waals surface area (Å²) in [5, 5.41) is 4.34. The summed E-state index contributed by atoms with van der Waals surface area (Å²) in [6.07, 6.45) is 0. The zero-order valence-corrected chi connectivity index (χ0v) is 11.0. The molecule has 0 bridgehead atoms. The van der Waals surface area contributed by atoms with Gasteiger partial charge in [0.2, 0.25) is 0 Å². The molecule has 1 atom stereocenters. The monoisotopic (exact) mass is 263 g/mol. The van der Waals surface area contributed by atoms with E-state index < -0.39 is 6.04 Å². The van der Waals surface area contributed by atoms with Crippen LogP contribution in [-0.2, 0) is 4.79 Å². The number of nitrogens with zero attached hydrogens (tertiary/aromatic N) is 1. The summed E-state index contributed by atoms with van der Waals surface area (Å²) in [4.78, 5) is 23.5. The van der Waals surface area contributed by atoms with Crippen molar-refractivity contribution in [1.29, 1.82) is 0 Å². The number of rotatable bonds is 4. The van der Waals surface area contributed by atoms with E-state index in [1.165, 1.54) is 0 Å². The summed E-state index contributed by atoms with van der Waals surface area (Å²) >= 11 is 0. The van der Waals surface area contributed by atoms with E-state index in [2.05, 4.69) is 10.7 Å². The van der Waals surface area contributed by atoms with Crippen molar-refractivity contribution in [1.82, 2.24) is 15.8 Å². The molecular weight excluding hydrogens is 246 g/mol. The van der Waals surface area contributed by atoms with Gasteiger partial charge in [-0.25, -0.2) is 5.01 Å². The van der Waals surface area contributed by atoms with E-state index in [1.54, 1.807) is 36.3 Å². The SMILES string of the molecule is CCOc1ccc(C(=O)NC2CN(C)NC2=O)cc1. The highest BCUT2D eigenvalue weighted by Gasteiger charge is 2.29. The Hall–Kier alpha value is -2.08. The Morgan fingerprint density at radius 1 is 1.47 bits per heavy atom. The van der Waals surface area contributed by atoms with Gasteiger partial charge in [0.15, 0.2) is 0 Å². The molecule has 1 unspecified atom stereocenters. The predicted molar refractivity (Wildman–Crippen MR) is 69.6 cm³/mol. The van der Waals surface area contributed by atoms with Crippen LogP contribution >= 0.6 is 0 Å². The Kier molecular flexibility index (Phi) is 4.01. The summed E-state index contributed by atoms with van der Waals surface area (Å²) in [6, 6.07) is 6.32. The molecule has 0 aliphatic carbocycles. The van der Waals surface area contributed by atoms with Crippen molar-refractivity contribution in [3.8, 4) is 5.75 Å². The molecule has 1 aliphatic heterocycles. The highest BCUT2D eigenvalue weighted by atomic mass is 16.5. The van der Waals surface area contributed by atoms with Crippen molar-refractivity contribution in [3.63, 3.8) is 0 Å². The third kappa shape index (κ3) is 3.23. The number of ether oxygens (including phenoxy) is 1. The molecule has 1 fully saturated rings. The topological polar surface area (TPSA) is 70.7 Å². The van der Waals surface area contributed by atoms with Crippen molar-refractivity contribution in [2.45, 2.75) is 13.0 Å². The van der Waals surface area contributed by atoms with Gasteiger partial charge < -0.3 is 10.1 Å². The number of hydrogen-bond acceptors (Lipinski definition) is 4. The average molecular weight is 263 g/mol. The van der Waals surface area contributed by atoms with Crippen molar-refractivity contribution in [3.05, 3.63) is 29.8 Å².